The van der Waals surface area contributed by atoms with E-state index in [1.807, 2.05) is 38.1 Å². The molecule has 8 heteroatoms. The van der Waals surface area contributed by atoms with Gasteiger partial charge in [0.1, 0.15) is 4.88 Å². The van der Waals surface area contributed by atoms with E-state index in [0.29, 0.717) is 33.5 Å². The molecule has 4 rings (SSSR count). The largest absolute Gasteiger partial charge is 0.490 e. The second-order valence-corrected chi connectivity index (χ2v) is 9.20. The average molecular weight is 480 g/mol. The number of carbonyl (C=O) groups excluding carboxylic acids is 3. The van der Waals surface area contributed by atoms with Gasteiger partial charge in [0.25, 0.3) is 11.1 Å². The van der Waals surface area contributed by atoms with E-state index in [0.717, 1.165) is 22.9 Å². The Morgan fingerprint density at radius 2 is 1.91 bits per heavy atom. The van der Waals surface area contributed by atoms with Crippen LogP contribution in [0.15, 0.2) is 64.9 Å². The van der Waals surface area contributed by atoms with Gasteiger partial charge in [-0.2, -0.15) is 0 Å². The molecule has 2 heterocycles. The summed E-state index contributed by atoms with van der Waals surface area (Å²) < 4.78 is 11.1. The summed E-state index contributed by atoms with van der Waals surface area (Å²) in [7, 11) is 0. The van der Waals surface area contributed by atoms with Crippen LogP contribution < -0.4 is 9.47 Å². The van der Waals surface area contributed by atoms with Gasteiger partial charge in [-0.15, -0.1) is 11.3 Å². The van der Waals surface area contributed by atoms with Crippen LogP contribution in [0, 0.1) is 6.92 Å². The number of thioether (sulfide) groups is 1. The number of esters is 1. The Hall–Kier alpha value is -3.36. The molecule has 0 atom stereocenters. The van der Waals surface area contributed by atoms with Crippen LogP contribution in [-0.4, -0.2) is 28.6 Å². The van der Waals surface area contributed by atoms with Gasteiger partial charge in [-0.25, -0.2) is 4.79 Å². The van der Waals surface area contributed by atoms with Gasteiger partial charge in [-0.1, -0.05) is 42.0 Å². The van der Waals surface area contributed by atoms with Crippen molar-refractivity contribution in [2.75, 3.05) is 6.61 Å². The second kappa shape index (κ2) is 10.1. The predicted molar refractivity (Wildman–Crippen MR) is 130 cm³/mol. The van der Waals surface area contributed by atoms with Crippen molar-refractivity contribution < 1.29 is 23.9 Å². The quantitative estimate of drug-likeness (QED) is 0.238. The smallest absolute Gasteiger partial charge is 0.353 e. The molecule has 0 spiro atoms. The number of amides is 2. The average Bonchev–Trinajstić information content (AvgIpc) is 3.41. The van der Waals surface area contributed by atoms with Crippen molar-refractivity contribution in [3.63, 3.8) is 0 Å². The fourth-order valence-electron chi connectivity index (χ4n) is 3.29. The van der Waals surface area contributed by atoms with E-state index >= 15 is 0 Å². The van der Waals surface area contributed by atoms with Crippen LogP contribution in [0.1, 0.15) is 33.3 Å². The molecule has 0 radical (unpaired) electrons. The van der Waals surface area contributed by atoms with Crippen LogP contribution in [-0.2, 0) is 11.3 Å². The standard InChI is InChI=1S/C25H21NO5S2/c1-3-30-20-13-17(9-10-19(20)31-24(28)21-8-5-11-32-21)14-22-23(27)26(25(29)33-22)15-18-7-4-6-16(2)12-18/h4-14H,3,15H2,1-2H3/b22-14-. The zero-order valence-corrected chi connectivity index (χ0v) is 19.7. The highest BCUT2D eigenvalue weighted by Crippen LogP contribution is 2.35. The second-order valence-electron chi connectivity index (χ2n) is 7.26. The number of hydrogen-bond donors (Lipinski definition) is 0. The van der Waals surface area contributed by atoms with Crippen molar-refractivity contribution in [2.45, 2.75) is 20.4 Å². The maximum absolute atomic E-state index is 12.9. The molecular formula is C25H21NO5S2. The topological polar surface area (TPSA) is 72.9 Å². The molecule has 2 aromatic carbocycles. The van der Waals surface area contributed by atoms with Crippen molar-refractivity contribution in [3.8, 4) is 11.5 Å². The molecule has 1 aliphatic heterocycles. The van der Waals surface area contributed by atoms with E-state index in [2.05, 4.69) is 0 Å². The Balaban J connectivity index is 1.54. The highest BCUT2D eigenvalue weighted by molar-refractivity contribution is 8.18. The monoisotopic (exact) mass is 479 g/mol. The van der Waals surface area contributed by atoms with Crippen molar-refractivity contribution in [3.05, 3.63) is 86.5 Å². The number of aryl methyl sites for hydroxylation is 1. The molecule has 3 aromatic rings. The van der Waals surface area contributed by atoms with Gasteiger partial charge in [0.05, 0.1) is 18.1 Å². The Bertz CT molecular complexity index is 1230. The Morgan fingerprint density at radius 1 is 1.06 bits per heavy atom. The number of ether oxygens (including phenoxy) is 2. The van der Waals surface area contributed by atoms with E-state index in [-0.39, 0.29) is 17.7 Å². The molecule has 0 bridgehead atoms. The predicted octanol–water partition coefficient (Wildman–Crippen LogP) is 5.91. The molecule has 2 amide bonds. The van der Waals surface area contributed by atoms with Crippen molar-refractivity contribution in [1.29, 1.82) is 0 Å². The zero-order valence-electron chi connectivity index (χ0n) is 18.1. The van der Waals surface area contributed by atoms with Crippen LogP contribution in [0.4, 0.5) is 4.79 Å². The van der Waals surface area contributed by atoms with E-state index < -0.39 is 5.97 Å². The van der Waals surface area contributed by atoms with Gasteiger partial charge in [0, 0.05) is 0 Å². The molecule has 0 saturated carbocycles. The van der Waals surface area contributed by atoms with Crippen LogP contribution in [0.3, 0.4) is 0 Å². The first-order chi connectivity index (χ1) is 15.9. The molecule has 1 aromatic heterocycles. The van der Waals surface area contributed by atoms with E-state index in [1.165, 1.54) is 16.2 Å². The lowest BCUT2D eigenvalue weighted by Crippen LogP contribution is -2.27. The number of hydrogen-bond acceptors (Lipinski definition) is 7. The Kier molecular flexibility index (Phi) is 6.96. The number of nitrogens with zero attached hydrogens (tertiary/aromatic N) is 1. The molecule has 0 N–H and O–H groups in total. The lowest BCUT2D eigenvalue weighted by atomic mass is 10.1. The van der Waals surface area contributed by atoms with Gasteiger partial charge in [-0.3, -0.25) is 14.5 Å². The fourth-order valence-corrected chi connectivity index (χ4v) is 4.73. The third-order valence-corrected chi connectivity index (χ3v) is 6.54. The highest BCUT2D eigenvalue weighted by Gasteiger charge is 2.35. The van der Waals surface area contributed by atoms with Crippen LogP contribution in [0.25, 0.3) is 6.08 Å². The number of benzene rings is 2. The molecule has 33 heavy (non-hydrogen) atoms. The van der Waals surface area contributed by atoms with Crippen LogP contribution >= 0.6 is 23.1 Å². The molecule has 1 aliphatic rings. The Morgan fingerprint density at radius 3 is 2.64 bits per heavy atom. The number of imide groups is 1. The van der Waals surface area contributed by atoms with E-state index in [4.69, 9.17) is 9.47 Å². The first-order valence-electron chi connectivity index (χ1n) is 10.3. The summed E-state index contributed by atoms with van der Waals surface area (Å²) in [6.07, 6.45) is 1.65. The lowest BCUT2D eigenvalue weighted by molar-refractivity contribution is -0.123. The minimum absolute atomic E-state index is 0.228. The van der Waals surface area contributed by atoms with Gasteiger partial charge in [0.2, 0.25) is 0 Å². The third kappa shape index (κ3) is 5.35. The SMILES string of the molecule is CCOc1cc(/C=C2\SC(=O)N(Cc3cccc(C)c3)C2=O)ccc1OC(=O)c1cccs1. The highest BCUT2D eigenvalue weighted by atomic mass is 32.2. The molecule has 1 saturated heterocycles. The minimum Gasteiger partial charge on any atom is -0.490 e. The van der Waals surface area contributed by atoms with E-state index in [1.54, 1.807) is 41.8 Å². The van der Waals surface area contributed by atoms with Gasteiger partial charge >= 0.3 is 5.97 Å². The molecule has 0 unspecified atom stereocenters. The maximum Gasteiger partial charge on any atom is 0.353 e. The molecule has 168 valence electrons. The number of rotatable bonds is 7. The summed E-state index contributed by atoms with van der Waals surface area (Å²) in [6, 6.07) is 16.2. The minimum atomic E-state index is -0.462. The van der Waals surface area contributed by atoms with Crippen molar-refractivity contribution in [1.82, 2.24) is 4.90 Å². The van der Waals surface area contributed by atoms with Crippen molar-refractivity contribution in [2.24, 2.45) is 0 Å². The maximum atomic E-state index is 12.9. The van der Waals surface area contributed by atoms with Crippen LogP contribution in [0.2, 0.25) is 0 Å². The first kappa shape index (κ1) is 22.8. The lowest BCUT2D eigenvalue weighted by Gasteiger charge is -2.13. The molecule has 1 fully saturated rings. The van der Waals surface area contributed by atoms with Crippen molar-refractivity contribution >= 4 is 46.3 Å². The zero-order chi connectivity index (χ0) is 23.4. The molecular weight excluding hydrogens is 458 g/mol. The summed E-state index contributed by atoms with van der Waals surface area (Å²) in [5.41, 5.74) is 2.63. The fraction of sp³-hybridized carbons (Fsp3) is 0.160. The summed E-state index contributed by atoms with van der Waals surface area (Å²) in [4.78, 5) is 39.7. The normalized spacial score (nSPS) is 14.7. The van der Waals surface area contributed by atoms with Gasteiger partial charge < -0.3 is 9.47 Å². The first-order valence-corrected chi connectivity index (χ1v) is 12.0. The number of thiophene rings is 1. The Labute approximate surface area is 199 Å². The molecule has 6 nitrogen and oxygen atoms in total. The summed E-state index contributed by atoms with van der Waals surface area (Å²) in [5.74, 6) is -0.122. The van der Waals surface area contributed by atoms with Gasteiger partial charge in [0.15, 0.2) is 11.5 Å². The summed E-state index contributed by atoms with van der Waals surface area (Å²) in [6.45, 7) is 4.40. The van der Waals surface area contributed by atoms with Crippen LogP contribution in [0.5, 0.6) is 11.5 Å². The molecule has 0 aliphatic carbocycles. The van der Waals surface area contributed by atoms with Gasteiger partial charge in [-0.05, 0) is 66.4 Å². The number of carbonyl (C=O) groups is 3. The van der Waals surface area contributed by atoms with E-state index in [9.17, 15) is 14.4 Å². The summed E-state index contributed by atoms with van der Waals surface area (Å²) in [5, 5.41) is 1.49. The summed E-state index contributed by atoms with van der Waals surface area (Å²) >= 11 is 2.20. The third-order valence-electron chi connectivity index (χ3n) is 4.79.